The molecule has 0 fully saturated rings. The van der Waals surface area contributed by atoms with Gasteiger partial charge in [-0.1, -0.05) is 12.1 Å². The second-order valence-electron chi connectivity index (χ2n) is 4.74. The molecule has 0 aliphatic heterocycles. The number of rotatable bonds is 1. The van der Waals surface area contributed by atoms with Crippen molar-refractivity contribution >= 4 is 17.5 Å². The van der Waals surface area contributed by atoms with E-state index in [1.807, 2.05) is 6.92 Å². The number of hydrogen-bond donors (Lipinski definition) is 1. The van der Waals surface area contributed by atoms with Gasteiger partial charge >= 0.3 is 6.09 Å². The Morgan fingerprint density at radius 2 is 2.06 bits per heavy atom. The molecule has 1 aromatic rings. The fourth-order valence-electron chi connectivity index (χ4n) is 1.23. The van der Waals surface area contributed by atoms with E-state index in [4.69, 9.17) is 11.3 Å². The van der Waals surface area contributed by atoms with E-state index in [1.165, 1.54) is 0 Å². The van der Waals surface area contributed by atoms with Gasteiger partial charge in [-0.2, -0.15) is 0 Å². The van der Waals surface area contributed by atoms with Gasteiger partial charge in [0.2, 0.25) is 0 Å². The number of nitrogens with one attached hydrogen (secondary N) is 1. The van der Waals surface area contributed by atoms with Gasteiger partial charge in [-0.3, -0.25) is 5.32 Å². The van der Waals surface area contributed by atoms with Crippen LogP contribution in [0.5, 0.6) is 0 Å². The highest BCUT2D eigenvalue weighted by molar-refractivity contribution is 5.86. The summed E-state index contributed by atoms with van der Waals surface area (Å²) in [6, 6.07) is 5.13. The Morgan fingerprint density at radius 1 is 1.41 bits per heavy atom. The fraction of sp³-hybridized carbons (Fsp3) is 0.385. The second kappa shape index (κ2) is 4.88. The molecule has 0 atom stereocenters. The van der Waals surface area contributed by atoms with Crippen LogP contribution in [0.4, 0.5) is 16.2 Å². The van der Waals surface area contributed by atoms with Crippen LogP contribution in [-0.4, -0.2) is 11.7 Å². The van der Waals surface area contributed by atoms with E-state index >= 15 is 0 Å². The molecular formula is C13H16N2O2. The lowest BCUT2D eigenvalue weighted by molar-refractivity contribution is 0.0636. The summed E-state index contributed by atoms with van der Waals surface area (Å²) in [6.45, 7) is 14.2. The number of aryl methyl sites for hydroxylation is 1. The molecule has 0 saturated heterocycles. The summed E-state index contributed by atoms with van der Waals surface area (Å²) in [6.07, 6.45) is -0.511. The van der Waals surface area contributed by atoms with Crippen LogP contribution in [0.15, 0.2) is 18.2 Å². The number of ether oxygens (including phenoxy) is 1. The molecule has 1 amide bonds. The number of hydrogen-bond acceptors (Lipinski definition) is 2. The Kier molecular flexibility index (Phi) is 3.74. The lowest BCUT2D eigenvalue weighted by atomic mass is 10.2. The SMILES string of the molecule is [C-]#[N+]c1ccc(C)c(NC(=O)OC(C)(C)C)c1. The Morgan fingerprint density at radius 3 is 2.59 bits per heavy atom. The average Bonchev–Trinajstić information content (AvgIpc) is 2.18. The zero-order chi connectivity index (χ0) is 13.1. The highest BCUT2D eigenvalue weighted by Gasteiger charge is 2.16. The first-order valence-electron chi connectivity index (χ1n) is 5.30. The van der Waals surface area contributed by atoms with Crippen LogP contribution in [0, 0.1) is 13.5 Å². The third-order valence-electron chi connectivity index (χ3n) is 1.99. The van der Waals surface area contributed by atoms with Crippen molar-refractivity contribution in [3.05, 3.63) is 35.2 Å². The van der Waals surface area contributed by atoms with Gasteiger partial charge in [-0.05, 0) is 39.3 Å². The number of carbonyl (C=O) groups is 1. The molecular weight excluding hydrogens is 216 g/mol. The van der Waals surface area contributed by atoms with Gasteiger partial charge in [0.15, 0.2) is 5.69 Å². The summed E-state index contributed by atoms with van der Waals surface area (Å²) < 4.78 is 5.14. The molecule has 1 aromatic carbocycles. The predicted molar refractivity (Wildman–Crippen MR) is 67.3 cm³/mol. The van der Waals surface area contributed by atoms with E-state index in [9.17, 15) is 4.79 Å². The highest BCUT2D eigenvalue weighted by Crippen LogP contribution is 2.22. The summed E-state index contributed by atoms with van der Waals surface area (Å²) in [5, 5.41) is 2.64. The first-order chi connectivity index (χ1) is 7.81. The molecule has 0 spiro atoms. The van der Waals surface area contributed by atoms with E-state index in [-0.39, 0.29) is 0 Å². The van der Waals surface area contributed by atoms with Gasteiger partial charge in [0.25, 0.3) is 0 Å². The van der Waals surface area contributed by atoms with Gasteiger partial charge in [0.05, 0.1) is 6.57 Å². The topological polar surface area (TPSA) is 42.7 Å². The Labute approximate surface area is 101 Å². The van der Waals surface area contributed by atoms with E-state index in [1.54, 1.807) is 39.0 Å². The maximum Gasteiger partial charge on any atom is 0.412 e. The van der Waals surface area contributed by atoms with Crippen molar-refractivity contribution in [1.82, 2.24) is 0 Å². The van der Waals surface area contributed by atoms with Crippen LogP contribution < -0.4 is 5.32 Å². The van der Waals surface area contributed by atoms with E-state index in [0.29, 0.717) is 11.4 Å². The standard InChI is InChI=1S/C13H16N2O2/c1-9-6-7-10(14-5)8-11(9)15-12(16)17-13(2,3)4/h6-8H,1-4H3,(H,15,16). The van der Waals surface area contributed by atoms with Gasteiger partial charge < -0.3 is 4.74 Å². The van der Waals surface area contributed by atoms with Gasteiger partial charge in [0, 0.05) is 5.69 Å². The molecule has 17 heavy (non-hydrogen) atoms. The molecule has 0 bridgehead atoms. The van der Waals surface area contributed by atoms with Crippen LogP contribution in [-0.2, 0) is 4.74 Å². The van der Waals surface area contributed by atoms with Gasteiger partial charge in [0.1, 0.15) is 5.60 Å². The Bertz CT molecular complexity index is 467. The van der Waals surface area contributed by atoms with Crippen LogP contribution >= 0.6 is 0 Å². The van der Waals surface area contributed by atoms with E-state index < -0.39 is 11.7 Å². The Balaban J connectivity index is 2.82. The summed E-state index contributed by atoms with van der Waals surface area (Å²) in [7, 11) is 0. The normalized spacial score (nSPS) is 10.5. The minimum atomic E-state index is -0.532. The molecule has 0 aliphatic rings. The molecule has 4 heteroatoms. The van der Waals surface area contributed by atoms with E-state index in [0.717, 1.165) is 5.56 Å². The number of carbonyl (C=O) groups excluding carboxylic acids is 1. The summed E-state index contributed by atoms with van der Waals surface area (Å²) in [5.74, 6) is 0. The zero-order valence-electron chi connectivity index (χ0n) is 10.5. The van der Waals surface area contributed by atoms with Crippen molar-refractivity contribution in [1.29, 1.82) is 0 Å². The number of amides is 1. The molecule has 0 saturated carbocycles. The van der Waals surface area contributed by atoms with Crippen LogP contribution in [0.25, 0.3) is 4.85 Å². The van der Waals surface area contributed by atoms with Crippen LogP contribution in [0.2, 0.25) is 0 Å². The Hall–Kier alpha value is -2.02. The molecule has 0 heterocycles. The van der Waals surface area contributed by atoms with Crippen molar-refractivity contribution in [2.24, 2.45) is 0 Å². The third kappa shape index (κ3) is 4.15. The summed E-state index contributed by atoms with van der Waals surface area (Å²) in [4.78, 5) is 14.9. The van der Waals surface area contributed by atoms with Crippen molar-refractivity contribution in [3.63, 3.8) is 0 Å². The van der Waals surface area contributed by atoms with Crippen LogP contribution in [0.3, 0.4) is 0 Å². The molecule has 0 unspecified atom stereocenters. The lowest BCUT2D eigenvalue weighted by Gasteiger charge is -2.20. The minimum Gasteiger partial charge on any atom is -0.444 e. The second-order valence-corrected chi connectivity index (χ2v) is 4.74. The molecule has 0 radical (unpaired) electrons. The lowest BCUT2D eigenvalue weighted by Crippen LogP contribution is -2.27. The van der Waals surface area contributed by atoms with Gasteiger partial charge in [-0.25, -0.2) is 9.64 Å². The fourth-order valence-corrected chi connectivity index (χ4v) is 1.23. The minimum absolute atomic E-state index is 0.488. The third-order valence-corrected chi connectivity index (χ3v) is 1.99. The van der Waals surface area contributed by atoms with Crippen molar-refractivity contribution in [2.45, 2.75) is 33.3 Å². The highest BCUT2D eigenvalue weighted by atomic mass is 16.6. The summed E-state index contributed by atoms with van der Waals surface area (Å²) >= 11 is 0. The monoisotopic (exact) mass is 232 g/mol. The predicted octanol–water partition coefficient (Wildman–Crippen LogP) is 3.89. The molecule has 1 rings (SSSR count). The molecule has 0 aromatic heterocycles. The quantitative estimate of drug-likeness (QED) is 0.746. The summed E-state index contributed by atoms with van der Waals surface area (Å²) in [5.41, 5.74) is 1.45. The molecule has 4 nitrogen and oxygen atoms in total. The number of anilines is 1. The maximum absolute atomic E-state index is 11.6. The van der Waals surface area contributed by atoms with Crippen molar-refractivity contribution in [2.75, 3.05) is 5.32 Å². The molecule has 0 aliphatic carbocycles. The number of benzene rings is 1. The molecule has 90 valence electrons. The zero-order valence-corrected chi connectivity index (χ0v) is 10.5. The van der Waals surface area contributed by atoms with Gasteiger partial charge in [-0.15, -0.1) is 0 Å². The van der Waals surface area contributed by atoms with Crippen molar-refractivity contribution in [3.8, 4) is 0 Å². The van der Waals surface area contributed by atoms with Crippen molar-refractivity contribution < 1.29 is 9.53 Å². The number of nitrogens with zero attached hydrogens (tertiary/aromatic N) is 1. The largest absolute Gasteiger partial charge is 0.444 e. The molecule has 1 N–H and O–H groups in total. The average molecular weight is 232 g/mol. The smallest absolute Gasteiger partial charge is 0.412 e. The maximum atomic E-state index is 11.6. The first-order valence-corrected chi connectivity index (χ1v) is 5.30. The van der Waals surface area contributed by atoms with E-state index in [2.05, 4.69) is 10.2 Å². The first kappa shape index (κ1) is 13.0. The van der Waals surface area contributed by atoms with Crippen LogP contribution in [0.1, 0.15) is 26.3 Å².